The Balaban J connectivity index is 1.51. The van der Waals surface area contributed by atoms with Crippen molar-refractivity contribution in [2.75, 3.05) is 12.4 Å². The summed E-state index contributed by atoms with van der Waals surface area (Å²) in [5.41, 5.74) is 3.41. The molecule has 1 amide bonds. The lowest BCUT2D eigenvalue weighted by Crippen LogP contribution is -2.12. The Morgan fingerprint density at radius 3 is 2.70 bits per heavy atom. The zero-order valence-corrected chi connectivity index (χ0v) is 17.1. The Bertz CT molecular complexity index is 1390. The molecule has 30 heavy (non-hydrogen) atoms. The monoisotopic (exact) mass is 415 g/mol. The average Bonchev–Trinajstić information content (AvgIpc) is 3.33. The van der Waals surface area contributed by atoms with Crippen molar-refractivity contribution in [3.05, 3.63) is 71.4 Å². The van der Waals surface area contributed by atoms with Gasteiger partial charge >= 0.3 is 0 Å². The van der Waals surface area contributed by atoms with E-state index in [-0.39, 0.29) is 5.91 Å². The highest BCUT2D eigenvalue weighted by Crippen LogP contribution is 2.37. The molecule has 0 saturated heterocycles. The van der Waals surface area contributed by atoms with E-state index in [1.165, 1.54) is 11.3 Å². The number of nitrogens with zero attached hydrogens (tertiary/aromatic N) is 2. The van der Waals surface area contributed by atoms with Crippen LogP contribution in [-0.2, 0) is 0 Å². The van der Waals surface area contributed by atoms with Crippen LogP contribution in [-0.4, -0.2) is 23.0 Å². The molecule has 3 heterocycles. The second-order valence-corrected chi connectivity index (χ2v) is 7.75. The Kier molecular flexibility index (Phi) is 4.44. The number of nitrogens with one attached hydrogen (secondary N) is 1. The van der Waals surface area contributed by atoms with Gasteiger partial charge in [0.15, 0.2) is 0 Å². The van der Waals surface area contributed by atoms with E-state index in [0.29, 0.717) is 32.6 Å². The maximum absolute atomic E-state index is 13.0. The summed E-state index contributed by atoms with van der Waals surface area (Å²) in [6, 6.07) is 17.1. The van der Waals surface area contributed by atoms with Gasteiger partial charge in [0, 0.05) is 23.0 Å². The standard InChI is InChI=1S/C23H17N3O3S/c1-13-21(30-23(25-13)16-8-5-6-10-24-16)22(27)26-17-12-19-15(11-20(17)28-2)14-7-3-4-9-18(14)29-19/h3-12H,1-2H3,(H,26,27). The number of pyridine rings is 1. The van der Waals surface area contributed by atoms with Crippen molar-refractivity contribution in [2.45, 2.75) is 6.92 Å². The second kappa shape index (κ2) is 7.27. The molecule has 0 unspecified atom stereocenters. The number of hydrogen-bond acceptors (Lipinski definition) is 6. The fourth-order valence-corrected chi connectivity index (χ4v) is 4.34. The minimum absolute atomic E-state index is 0.249. The average molecular weight is 415 g/mol. The maximum atomic E-state index is 13.0. The topological polar surface area (TPSA) is 77.2 Å². The van der Waals surface area contributed by atoms with Gasteiger partial charge in [-0.05, 0) is 31.2 Å². The van der Waals surface area contributed by atoms with Gasteiger partial charge in [0.2, 0.25) is 0 Å². The molecule has 2 aromatic carbocycles. The van der Waals surface area contributed by atoms with E-state index in [1.54, 1.807) is 19.4 Å². The first kappa shape index (κ1) is 18.3. The number of aryl methyl sites for hydroxylation is 1. The zero-order chi connectivity index (χ0) is 20.7. The molecule has 0 saturated carbocycles. The molecular weight excluding hydrogens is 398 g/mol. The summed E-state index contributed by atoms with van der Waals surface area (Å²) in [4.78, 5) is 22.4. The number of rotatable bonds is 4. The van der Waals surface area contributed by atoms with Crippen molar-refractivity contribution in [2.24, 2.45) is 0 Å². The fourth-order valence-electron chi connectivity index (χ4n) is 3.40. The lowest BCUT2D eigenvalue weighted by molar-refractivity contribution is 0.102. The van der Waals surface area contributed by atoms with E-state index in [1.807, 2.05) is 55.5 Å². The number of furan rings is 1. The van der Waals surface area contributed by atoms with E-state index in [2.05, 4.69) is 15.3 Å². The number of anilines is 1. The van der Waals surface area contributed by atoms with Gasteiger partial charge in [-0.15, -0.1) is 11.3 Å². The van der Waals surface area contributed by atoms with Gasteiger partial charge in [-0.25, -0.2) is 4.98 Å². The number of ether oxygens (including phenoxy) is 1. The van der Waals surface area contributed by atoms with Gasteiger partial charge in [0.05, 0.1) is 24.2 Å². The highest BCUT2D eigenvalue weighted by atomic mass is 32.1. The van der Waals surface area contributed by atoms with Crippen molar-refractivity contribution >= 4 is 44.9 Å². The van der Waals surface area contributed by atoms with Crippen LogP contribution in [0.5, 0.6) is 5.75 Å². The van der Waals surface area contributed by atoms with E-state index < -0.39 is 0 Å². The van der Waals surface area contributed by atoms with Crippen LogP contribution in [0.2, 0.25) is 0 Å². The normalized spacial score (nSPS) is 11.1. The number of amides is 1. The maximum Gasteiger partial charge on any atom is 0.267 e. The summed E-state index contributed by atoms with van der Waals surface area (Å²) >= 11 is 1.31. The second-order valence-electron chi connectivity index (χ2n) is 6.75. The van der Waals surface area contributed by atoms with Crippen molar-refractivity contribution in [1.29, 1.82) is 0 Å². The quantitative estimate of drug-likeness (QED) is 0.409. The number of thiazole rings is 1. The number of hydrogen-bond donors (Lipinski definition) is 1. The molecule has 0 atom stereocenters. The highest BCUT2D eigenvalue weighted by Gasteiger charge is 2.19. The molecule has 0 aliphatic heterocycles. The summed E-state index contributed by atoms with van der Waals surface area (Å²) in [6.07, 6.45) is 1.71. The summed E-state index contributed by atoms with van der Waals surface area (Å²) in [5.74, 6) is 0.315. The third-order valence-electron chi connectivity index (χ3n) is 4.83. The highest BCUT2D eigenvalue weighted by molar-refractivity contribution is 7.17. The molecular formula is C23H17N3O3S. The van der Waals surface area contributed by atoms with Crippen LogP contribution >= 0.6 is 11.3 Å². The minimum Gasteiger partial charge on any atom is -0.495 e. The lowest BCUT2D eigenvalue weighted by atomic mass is 10.1. The lowest BCUT2D eigenvalue weighted by Gasteiger charge is -2.10. The molecule has 0 fully saturated rings. The first-order valence-corrected chi connectivity index (χ1v) is 10.1. The van der Waals surface area contributed by atoms with Gasteiger partial charge in [-0.1, -0.05) is 24.3 Å². The molecule has 0 spiro atoms. The van der Waals surface area contributed by atoms with Gasteiger partial charge < -0.3 is 14.5 Å². The summed E-state index contributed by atoms with van der Waals surface area (Å²) in [6.45, 7) is 1.82. The summed E-state index contributed by atoms with van der Waals surface area (Å²) in [7, 11) is 1.58. The smallest absolute Gasteiger partial charge is 0.267 e. The van der Waals surface area contributed by atoms with Crippen LogP contribution in [0.25, 0.3) is 32.6 Å². The predicted octanol–water partition coefficient (Wildman–Crippen LogP) is 5.67. The number of carbonyl (C=O) groups excluding carboxylic acids is 1. The number of para-hydroxylation sites is 1. The molecule has 5 aromatic rings. The van der Waals surface area contributed by atoms with E-state index >= 15 is 0 Å². The third kappa shape index (κ3) is 3.09. The third-order valence-corrected chi connectivity index (χ3v) is 6.01. The Morgan fingerprint density at radius 1 is 1.07 bits per heavy atom. The number of aromatic nitrogens is 2. The van der Waals surface area contributed by atoms with Crippen LogP contribution in [0.1, 0.15) is 15.4 Å². The van der Waals surface area contributed by atoms with Gasteiger partial charge in [-0.2, -0.15) is 0 Å². The zero-order valence-electron chi connectivity index (χ0n) is 16.3. The molecule has 5 rings (SSSR count). The molecule has 3 aromatic heterocycles. The van der Waals surface area contributed by atoms with Crippen molar-refractivity contribution in [3.8, 4) is 16.5 Å². The Morgan fingerprint density at radius 2 is 1.90 bits per heavy atom. The Labute approximate surface area is 176 Å². The molecule has 1 N–H and O–H groups in total. The Hall–Kier alpha value is -3.71. The summed E-state index contributed by atoms with van der Waals surface area (Å²) < 4.78 is 11.5. The van der Waals surface area contributed by atoms with Gasteiger partial charge in [0.1, 0.15) is 26.8 Å². The molecule has 0 radical (unpaired) electrons. The molecule has 6 nitrogen and oxygen atoms in total. The van der Waals surface area contributed by atoms with E-state index in [4.69, 9.17) is 9.15 Å². The van der Waals surface area contributed by atoms with Crippen molar-refractivity contribution < 1.29 is 13.9 Å². The fraction of sp³-hybridized carbons (Fsp3) is 0.0870. The van der Waals surface area contributed by atoms with Crippen LogP contribution in [0.3, 0.4) is 0 Å². The largest absolute Gasteiger partial charge is 0.495 e. The van der Waals surface area contributed by atoms with Gasteiger partial charge in [-0.3, -0.25) is 9.78 Å². The van der Waals surface area contributed by atoms with E-state index in [0.717, 1.165) is 22.0 Å². The van der Waals surface area contributed by atoms with E-state index in [9.17, 15) is 4.79 Å². The molecule has 0 aliphatic carbocycles. The molecule has 0 aliphatic rings. The SMILES string of the molecule is COc1cc2c(cc1NC(=O)c1sc(-c3ccccn3)nc1C)oc1ccccc12. The van der Waals surface area contributed by atoms with Crippen molar-refractivity contribution in [1.82, 2.24) is 9.97 Å². The van der Waals surface area contributed by atoms with Crippen LogP contribution in [0, 0.1) is 6.92 Å². The predicted molar refractivity (Wildman–Crippen MR) is 118 cm³/mol. The number of benzene rings is 2. The van der Waals surface area contributed by atoms with Gasteiger partial charge in [0.25, 0.3) is 5.91 Å². The number of carbonyl (C=O) groups is 1. The van der Waals surface area contributed by atoms with Crippen molar-refractivity contribution in [3.63, 3.8) is 0 Å². The minimum atomic E-state index is -0.249. The molecule has 7 heteroatoms. The number of fused-ring (bicyclic) bond motifs is 3. The van der Waals surface area contributed by atoms with Crippen LogP contribution < -0.4 is 10.1 Å². The number of methoxy groups -OCH3 is 1. The van der Waals surface area contributed by atoms with Crippen LogP contribution in [0.15, 0.2) is 65.2 Å². The molecule has 0 bridgehead atoms. The first-order valence-electron chi connectivity index (χ1n) is 9.33. The molecule has 148 valence electrons. The first-order chi connectivity index (χ1) is 14.6. The van der Waals surface area contributed by atoms with Crippen LogP contribution in [0.4, 0.5) is 5.69 Å². The summed E-state index contributed by atoms with van der Waals surface area (Å²) in [5, 5.41) is 5.59.